The van der Waals surface area contributed by atoms with Crippen molar-refractivity contribution >= 4 is 17.9 Å². The zero-order valence-corrected chi connectivity index (χ0v) is 11.0. The van der Waals surface area contributed by atoms with E-state index >= 15 is 0 Å². The molecule has 0 amide bonds. The lowest BCUT2D eigenvalue weighted by Crippen LogP contribution is -1.93. The molecular formula is C15H13N3S. The Labute approximate surface area is 116 Å². The summed E-state index contributed by atoms with van der Waals surface area (Å²) in [5.74, 6) is 0. The van der Waals surface area contributed by atoms with Gasteiger partial charge in [-0.25, -0.2) is 0 Å². The summed E-state index contributed by atoms with van der Waals surface area (Å²) in [5.41, 5.74) is 9.59. The quantitative estimate of drug-likeness (QED) is 0.548. The number of imidazole rings is 1. The smallest absolute Gasteiger partial charge is 0.182 e. The van der Waals surface area contributed by atoms with Crippen molar-refractivity contribution in [2.75, 3.05) is 5.73 Å². The minimum atomic E-state index is 0.657. The van der Waals surface area contributed by atoms with Crippen molar-refractivity contribution in [3.05, 3.63) is 65.6 Å². The van der Waals surface area contributed by atoms with Crippen LogP contribution in [0.25, 0.3) is 16.9 Å². The van der Waals surface area contributed by atoms with Gasteiger partial charge in [0.15, 0.2) is 4.77 Å². The van der Waals surface area contributed by atoms with Crippen LogP contribution in [-0.2, 0) is 0 Å². The number of nitrogens with one attached hydrogen (secondary N) is 1. The van der Waals surface area contributed by atoms with Crippen molar-refractivity contribution in [2.45, 2.75) is 0 Å². The van der Waals surface area contributed by atoms with Gasteiger partial charge in [0.25, 0.3) is 0 Å². The van der Waals surface area contributed by atoms with E-state index in [0.29, 0.717) is 4.77 Å². The van der Waals surface area contributed by atoms with Crippen LogP contribution in [0.15, 0.2) is 60.8 Å². The molecule has 0 bridgehead atoms. The molecule has 4 heteroatoms. The van der Waals surface area contributed by atoms with Crippen LogP contribution in [0.2, 0.25) is 0 Å². The van der Waals surface area contributed by atoms with Crippen LogP contribution in [0.4, 0.5) is 5.69 Å². The number of benzene rings is 2. The maximum absolute atomic E-state index is 5.81. The Morgan fingerprint density at radius 3 is 2.53 bits per heavy atom. The number of rotatable bonds is 2. The summed E-state index contributed by atoms with van der Waals surface area (Å²) in [6.07, 6.45) is 1.99. The summed E-state index contributed by atoms with van der Waals surface area (Å²) in [4.78, 5) is 3.22. The number of hydrogen-bond acceptors (Lipinski definition) is 2. The Kier molecular flexibility index (Phi) is 2.93. The zero-order valence-electron chi connectivity index (χ0n) is 10.2. The lowest BCUT2D eigenvalue weighted by molar-refractivity contribution is 1.03. The van der Waals surface area contributed by atoms with Gasteiger partial charge in [-0.3, -0.25) is 4.57 Å². The Morgan fingerprint density at radius 1 is 1.00 bits per heavy atom. The lowest BCUT2D eigenvalue weighted by atomic mass is 10.2. The fourth-order valence-corrected chi connectivity index (χ4v) is 2.29. The van der Waals surface area contributed by atoms with Gasteiger partial charge in [-0.05, 0) is 36.0 Å². The number of aromatic amines is 1. The first-order chi connectivity index (χ1) is 9.24. The summed E-state index contributed by atoms with van der Waals surface area (Å²) in [5, 5.41) is 0. The number of nitrogens with two attached hydrogens (primary N) is 1. The van der Waals surface area contributed by atoms with E-state index in [1.807, 2.05) is 65.4 Å². The zero-order chi connectivity index (χ0) is 13.2. The molecule has 0 aliphatic rings. The van der Waals surface area contributed by atoms with E-state index in [2.05, 4.69) is 4.98 Å². The van der Waals surface area contributed by atoms with E-state index in [9.17, 15) is 0 Å². The predicted octanol–water partition coefficient (Wildman–Crippen LogP) is 3.78. The van der Waals surface area contributed by atoms with Crippen LogP contribution in [0.5, 0.6) is 0 Å². The average molecular weight is 267 g/mol. The highest BCUT2D eigenvalue weighted by molar-refractivity contribution is 7.71. The fourth-order valence-electron chi connectivity index (χ4n) is 2.03. The van der Waals surface area contributed by atoms with Crippen molar-refractivity contribution in [2.24, 2.45) is 0 Å². The second kappa shape index (κ2) is 4.74. The second-order valence-corrected chi connectivity index (χ2v) is 4.69. The van der Waals surface area contributed by atoms with Gasteiger partial charge >= 0.3 is 0 Å². The monoisotopic (exact) mass is 267 g/mol. The molecule has 0 aliphatic carbocycles. The summed E-state index contributed by atoms with van der Waals surface area (Å²) in [6.45, 7) is 0. The minimum Gasteiger partial charge on any atom is -0.399 e. The van der Waals surface area contributed by atoms with E-state index in [1.54, 1.807) is 0 Å². The Morgan fingerprint density at radius 2 is 1.79 bits per heavy atom. The van der Waals surface area contributed by atoms with Gasteiger partial charge in [0.1, 0.15) is 0 Å². The maximum atomic E-state index is 5.81. The van der Waals surface area contributed by atoms with Crippen LogP contribution in [0, 0.1) is 4.77 Å². The first-order valence-electron chi connectivity index (χ1n) is 5.97. The number of nitrogens with zero attached hydrogens (tertiary/aromatic N) is 1. The molecule has 0 atom stereocenters. The van der Waals surface area contributed by atoms with Crippen LogP contribution < -0.4 is 5.73 Å². The standard InChI is InChI=1S/C15H13N3S/c16-12-7-4-8-13(9-12)18-10-14(17-15(18)19)11-5-2-1-3-6-11/h1-10H,16H2,(H,17,19). The Hall–Kier alpha value is -2.33. The maximum Gasteiger partial charge on any atom is 0.182 e. The molecule has 19 heavy (non-hydrogen) atoms. The van der Waals surface area contributed by atoms with E-state index in [1.165, 1.54) is 0 Å². The summed E-state index contributed by atoms with van der Waals surface area (Å²) >= 11 is 5.36. The number of aromatic nitrogens is 2. The molecule has 0 saturated heterocycles. The first kappa shape index (κ1) is 11.7. The molecule has 94 valence electrons. The van der Waals surface area contributed by atoms with Gasteiger partial charge < -0.3 is 10.7 Å². The molecule has 0 spiro atoms. The van der Waals surface area contributed by atoms with Crippen molar-refractivity contribution < 1.29 is 0 Å². The molecule has 3 nitrogen and oxygen atoms in total. The summed E-state index contributed by atoms with van der Waals surface area (Å²) in [6, 6.07) is 17.8. The molecule has 0 radical (unpaired) electrons. The number of H-pyrrole nitrogens is 1. The SMILES string of the molecule is Nc1cccc(-n2cc(-c3ccccc3)[nH]c2=S)c1. The Bertz CT molecular complexity index is 756. The second-order valence-electron chi connectivity index (χ2n) is 4.30. The average Bonchev–Trinajstić information content (AvgIpc) is 2.82. The molecule has 0 unspecified atom stereocenters. The van der Waals surface area contributed by atoms with Crippen LogP contribution >= 0.6 is 12.2 Å². The molecular weight excluding hydrogens is 254 g/mol. The molecule has 2 aromatic carbocycles. The number of hydrogen-bond donors (Lipinski definition) is 2. The van der Waals surface area contributed by atoms with Crippen LogP contribution in [0.3, 0.4) is 0 Å². The van der Waals surface area contributed by atoms with Gasteiger partial charge in [0.05, 0.1) is 5.69 Å². The molecule has 0 aliphatic heterocycles. The van der Waals surface area contributed by atoms with Gasteiger partial charge in [0, 0.05) is 17.6 Å². The van der Waals surface area contributed by atoms with Gasteiger partial charge in [-0.1, -0.05) is 36.4 Å². The molecule has 1 heterocycles. The van der Waals surface area contributed by atoms with E-state index < -0.39 is 0 Å². The van der Waals surface area contributed by atoms with Crippen molar-refractivity contribution in [3.63, 3.8) is 0 Å². The topological polar surface area (TPSA) is 46.7 Å². The largest absolute Gasteiger partial charge is 0.399 e. The highest BCUT2D eigenvalue weighted by atomic mass is 32.1. The molecule has 0 fully saturated rings. The van der Waals surface area contributed by atoms with Gasteiger partial charge in [-0.2, -0.15) is 0 Å². The Balaban J connectivity index is 2.10. The highest BCUT2D eigenvalue weighted by Gasteiger charge is 2.04. The van der Waals surface area contributed by atoms with Gasteiger partial charge in [-0.15, -0.1) is 0 Å². The molecule has 1 aromatic heterocycles. The molecule has 3 rings (SSSR count). The van der Waals surface area contributed by atoms with E-state index in [0.717, 1.165) is 22.6 Å². The first-order valence-corrected chi connectivity index (χ1v) is 6.38. The van der Waals surface area contributed by atoms with Crippen LogP contribution in [0.1, 0.15) is 0 Å². The van der Waals surface area contributed by atoms with Crippen molar-refractivity contribution in [1.82, 2.24) is 9.55 Å². The minimum absolute atomic E-state index is 0.657. The van der Waals surface area contributed by atoms with E-state index in [4.69, 9.17) is 18.0 Å². The summed E-state index contributed by atoms with van der Waals surface area (Å²) in [7, 11) is 0. The number of anilines is 1. The van der Waals surface area contributed by atoms with Crippen molar-refractivity contribution in [1.29, 1.82) is 0 Å². The van der Waals surface area contributed by atoms with Crippen LogP contribution in [-0.4, -0.2) is 9.55 Å². The third kappa shape index (κ3) is 2.30. The summed E-state index contributed by atoms with van der Waals surface area (Å²) < 4.78 is 2.58. The van der Waals surface area contributed by atoms with Gasteiger partial charge in [0.2, 0.25) is 0 Å². The number of nitrogen functional groups attached to an aromatic ring is 1. The molecule has 3 N–H and O–H groups in total. The third-order valence-electron chi connectivity index (χ3n) is 2.95. The van der Waals surface area contributed by atoms with E-state index in [-0.39, 0.29) is 0 Å². The normalized spacial score (nSPS) is 10.5. The third-order valence-corrected chi connectivity index (χ3v) is 3.25. The van der Waals surface area contributed by atoms with Crippen molar-refractivity contribution in [3.8, 4) is 16.9 Å². The molecule has 3 aromatic rings. The lowest BCUT2D eigenvalue weighted by Gasteiger charge is -2.02. The molecule has 0 saturated carbocycles. The fraction of sp³-hybridized carbons (Fsp3) is 0. The highest BCUT2D eigenvalue weighted by Crippen LogP contribution is 2.20. The predicted molar refractivity (Wildman–Crippen MR) is 80.8 cm³/mol.